The Morgan fingerprint density at radius 2 is 1.25 bits per heavy atom. The molecule has 0 fully saturated rings. The average Bonchev–Trinajstić information content (AvgIpc) is 2.38. The zero-order chi connectivity index (χ0) is 13.5. The molecule has 0 aromatic rings. The van der Waals surface area contributed by atoms with Gasteiger partial charge in [0.2, 0.25) is 0 Å². The molecular weight excluding hydrogens is 380 g/mol. The summed E-state index contributed by atoms with van der Waals surface area (Å²) in [5, 5.41) is 3.44. The van der Waals surface area contributed by atoms with E-state index in [0.29, 0.717) is 6.04 Å². The maximum absolute atomic E-state index is 5.47. The Hall–Kier alpha value is 0.880. The number of nitrogens with one attached hydrogen (secondary N) is 1. The third-order valence-electron chi connectivity index (χ3n) is 3.63. The standard InChI is InChI=1S/C16H36N2.2BrH/c1-3-4-5-6-7-8-9-10-11-12-13-16(2)18-15-14-17;;/h16,18H,3-15,17H2,1-2H3;2*1H. The van der Waals surface area contributed by atoms with Crippen LogP contribution >= 0.6 is 34.0 Å². The first-order valence-electron chi connectivity index (χ1n) is 8.24. The Kier molecular flexibility index (Phi) is 28.6. The van der Waals surface area contributed by atoms with Crippen LogP contribution in [0.2, 0.25) is 0 Å². The van der Waals surface area contributed by atoms with E-state index in [0.717, 1.165) is 13.1 Å². The van der Waals surface area contributed by atoms with Gasteiger partial charge >= 0.3 is 0 Å². The highest BCUT2D eigenvalue weighted by Gasteiger charge is 1.99. The fourth-order valence-electron chi connectivity index (χ4n) is 2.37. The van der Waals surface area contributed by atoms with Gasteiger partial charge in [-0.1, -0.05) is 71.1 Å². The highest BCUT2D eigenvalue weighted by Crippen LogP contribution is 2.11. The summed E-state index contributed by atoms with van der Waals surface area (Å²) in [5.74, 6) is 0. The zero-order valence-corrected chi connectivity index (χ0v) is 17.1. The van der Waals surface area contributed by atoms with Crippen molar-refractivity contribution in [2.45, 2.75) is 90.5 Å². The van der Waals surface area contributed by atoms with E-state index in [-0.39, 0.29) is 34.0 Å². The van der Waals surface area contributed by atoms with Crippen LogP contribution in [0, 0.1) is 0 Å². The van der Waals surface area contributed by atoms with E-state index in [1.54, 1.807) is 0 Å². The molecule has 0 rings (SSSR count). The summed E-state index contributed by atoms with van der Waals surface area (Å²) < 4.78 is 0. The zero-order valence-electron chi connectivity index (χ0n) is 13.7. The SMILES string of the molecule is Br.Br.CCCCCCCCCCCCC(C)NCCN. The summed E-state index contributed by atoms with van der Waals surface area (Å²) in [6, 6.07) is 0.641. The van der Waals surface area contributed by atoms with E-state index in [2.05, 4.69) is 19.2 Å². The molecule has 20 heavy (non-hydrogen) atoms. The molecule has 0 radical (unpaired) electrons. The van der Waals surface area contributed by atoms with Crippen molar-refractivity contribution < 1.29 is 0 Å². The molecule has 0 heterocycles. The fraction of sp³-hybridized carbons (Fsp3) is 1.00. The summed E-state index contributed by atoms with van der Waals surface area (Å²) in [6.07, 6.45) is 15.5. The first kappa shape index (κ1) is 25.8. The van der Waals surface area contributed by atoms with Gasteiger partial charge in [0.15, 0.2) is 0 Å². The van der Waals surface area contributed by atoms with Crippen molar-refractivity contribution in [1.29, 1.82) is 0 Å². The van der Waals surface area contributed by atoms with E-state index >= 15 is 0 Å². The lowest BCUT2D eigenvalue weighted by atomic mass is 10.0. The van der Waals surface area contributed by atoms with Crippen LogP contribution in [-0.4, -0.2) is 19.1 Å². The van der Waals surface area contributed by atoms with Gasteiger partial charge in [-0.25, -0.2) is 0 Å². The Morgan fingerprint density at radius 3 is 1.70 bits per heavy atom. The van der Waals surface area contributed by atoms with Crippen molar-refractivity contribution in [2.75, 3.05) is 13.1 Å². The number of unbranched alkanes of at least 4 members (excludes halogenated alkanes) is 9. The molecule has 0 aliphatic carbocycles. The lowest BCUT2D eigenvalue weighted by Crippen LogP contribution is -2.30. The van der Waals surface area contributed by atoms with Crippen LogP contribution in [0.1, 0.15) is 84.5 Å². The average molecular weight is 418 g/mol. The van der Waals surface area contributed by atoms with Crippen LogP contribution in [0.25, 0.3) is 0 Å². The molecule has 0 spiro atoms. The molecule has 3 N–H and O–H groups in total. The summed E-state index contributed by atoms with van der Waals surface area (Å²) in [6.45, 7) is 6.26. The van der Waals surface area contributed by atoms with Gasteiger partial charge in [0.05, 0.1) is 0 Å². The molecule has 1 atom stereocenters. The van der Waals surface area contributed by atoms with E-state index in [1.807, 2.05) is 0 Å². The molecule has 1 unspecified atom stereocenters. The minimum atomic E-state index is 0. The third kappa shape index (κ3) is 21.2. The van der Waals surface area contributed by atoms with Gasteiger partial charge in [-0.05, 0) is 13.3 Å². The van der Waals surface area contributed by atoms with E-state index in [9.17, 15) is 0 Å². The van der Waals surface area contributed by atoms with Crippen molar-refractivity contribution >= 4 is 34.0 Å². The van der Waals surface area contributed by atoms with Gasteiger partial charge < -0.3 is 11.1 Å². The second-order valence-electron chi connectivity index (χ2n) is 5.61. The largest absolute Gasteiger partial charge is 0.329 e. The number of hydrogen-bond acceptors (Lipinski definition) is 2. The van der Waals surface area contributed by atoms with Crippen molar-refractivity contribution in [1.82, 2.24) is 5.32 Å². The van der Waals surface area contributed by atoms with Crippen LogP contribution < -0.4 is 11.1 Å². The molecule has 0 aliphatic heterocycles. The van der Waals surface area contributed by atoms with Crippen LogP contribution in [0.4, 0.5) is 0 Å². The summed E-state index contributed by atoms with van der Waals surface area (Å²) in [7, 11) is 0. The molecule has 0 aromatic heterocycles. The first-order valence-corrected chi connectivity index (χ1v) is 8.24. The van der Waals surface area contributed by atoms with Crippen molar-refractivity contribution in [2.24, 2.45) is 5.73 Å². The fourth-order valence-corrected chi connectivity index (χ4v) is 2.37. The molecule has 0 saturated carbocycles. The quantitative estimate of drug-likeness (QED) is 0.371. The Bertz CT molecular complexity index is 157. The predicted octanol–water partition coefficient (Wildman–Crippen LogP) is 5.39. The molecule has 126 valence electrons. The van der Waals surface area contributed by atoms with Gasteiger partial charge in [-0.2, -0.15) is 0 Å². The Balaban J connectivity index is -0.00000144. The molecule has 0 aromatic carbocycles. The van der Waals surface area contributed by atoms with Crippen LogP contribution in [0.15, 0.2) is 0 Å². The van der Waals surface area contributed by atoms with E-state index in [1.165, 1.54) is 70.6 Å². The first-order chi connectivity index (χ1) is 8.81. The normalized spacial score (nSPS) is 11.6. The number of halogens is 2. The predicted molar refractivity (Wildman–Crippen MR) is 104 cm³/mol. The van der Waals surface area contributed by atoms with Gasteiger partial charge in [0.25, 0.3) is 0 Å². The smallest absolute Gasteiger partial charge is 0.00769 e. The van der Waals surface area contributed by atoms with Crippen molar-refractivity contribution in [3.8, 4) is 0 Å². The summed E-state index contributed by atoms with van der Waals surface area (Å²) in [5.41, 5.74) is 5.47. The van der Waals surface area contributed by atoms with Crippen molar-refractivity contribution in [3.05, 3.63) is 0 Å². The lowest BCUT2D eigenvalue weighted by molar-refractivity contribution is 0.480. The minimum Gasteiger partial charge on any atom is -0.329 e. The number of nitrogens with two attached hydrogens (primary N) is 1. The monoisotopic (exact) mass is 416 g/mol. The molecule has 0 saturated heterocycles. The van der Waals surface area contributed by atoms with Gasteiger partial charge in [-0.15, -0.1) is 34.0 Å². The van der Waals surface area contributed by atoms with Gasteiger partial charge in [-0.3, -0.25) is 0 Å². The Labute approximate surface area is 148 Å². The van der Waals surface area contributed by atoms with Crippen LogP contribution in [0.5, 0.6) is 0 Å². The summed E-state index contributed by atoms with van der Waals surface area (Å²) in [4.78, 5) is 0. The highest BCUT2D eigenvalue weighted by molar-refractivity contribution is 8.93. The molecule has 0 aliphatic rings. The lowest BCUT2D eigenvalue weighted by Gasteiger charge is -2.12. The molecular formula is C16H38Br2N2. The highest BCUT2D eigenvalue weighted by atomic mass is 79.9. The summed E-state index contributed by atoms with van der Waals surface area (Å²) >= 11 is 0. The molecule has 0 bridgehead atoms. The molecule has 0 amide bonds. The molecule has 4 heteroatoms. The van der Waals surface area contributed by atoms with Crippen LogP contribution in [-0.2, 0) is 0 Å². The van der Waals surface area contributed by atoms with Crippen molar-refractivity contribution in [3.63, 3.8) is 0 Å². The van der Waals surface area contributed by atoms with E-state index in [4.69, 9.17) is 5.73 Å². The van der Waals surface area contributed by atoms with Crippen LogP contribution in [0.3, 0.4) is 0 Å². The number of hydrogen-bond donors (Lipinski definition) is 2. The van der Waals surface area contributed by atoms with E-state index < -0.39 is 0 Å². The molecule has 2 nitrogen and oxygen atoms in total. The number of rotatable bonds is 14. The third-order valence-corrected chi connectivity index (χ3v) is 3.63. The van der Waals surface area contributed by atoms with Gasteiger partial charge in [0.1, 0.15) is 0 Å². The minimum absolute atomic E-state index is 0. The maximum atomic E-state index is 5.47. The van der Waals surface area contributed by atoms with Gasteiger partial charge in [0, 0.05) is 19.1 Å². The maximum Gasteiger partial charge on any atom is 0.00769 e. The topological polar surface area (TPSA) is 38.0 Å². The Morgan fingerprint density at radius 1 is 0.800 bits per heavy atom. The second kappa shape index (κ2) is 22.2. The second-order valence-corrected chi connectivity index (χ2v) is 5.61.